The number of rotatable bonds is 4. The quantitative estimate of drug-likeness (QED) is 0.516. The van der Waals surface area contributed by atoms with E-state index < -0.39 is 0 Å². The van der Waals surface area contributed by atoms with Gasteiger partial charge in [-0.3, -0.25) is 4.79 Å². The maximum atomic E-state index is 13.7. The summed E-state index contributed by atoms with van der Waals surface area (Å²) in [4.78, 5) is 13.6. The highest BCUT2D eigenvalue weighted by molar-refractivity contribution is 7.19. The summed E-state index contributed by atoms with van der Waals surface area (Å²) in [6, 6.07) is 18.1. The predicted octanol–water partition coefficient (Wildman–Crippen LogP) is 5.54. The second-order valence-electron chi connectivity index (χ2n) is 5.98. The molecule has 0 unspecified atom stereocenters. The Morgan fingerprint density at radius 3 is 2.62 bits per heavy atom. The molecule has 3 nitrogen and oxygen atoms in total. The van der Waals surface area contributed by atoms with E-state index in [1.807, 2.05) is 43.3 Å². The summed E-state index contributed by atoms with van der Waals surface area (Å²) in [5.41, 5.74) is 2.52. The van der Waals surface area contributed by atoms with Gasteiger partial charge in [-0.25, -0.2) is 4.39 Å². The van der Waals surface area contributed by atoms with Crippen molar-refractivity contribution < 1.29 is 13.6 Å². The molecule has 0 bridgehead atoms. The fourth-order valence-electron chi connectivity index (χ4n) is 2.91. The minimum atomic E-state index is -0.329. The second kappa shape index (κ2) is 6.77. The third-order valence-electron chi connectivity index (χ3n) is 4.22. The zero-order valence-corrected chi connectivity index (χ0v) is 14.9. The minimum absolute atomic E-state index is 0.133. The largest absolute Gasteiger partial charge is 0.454 e. The number of carbonyl (C=O) groups excluding carboxylic acids is 1. The number of aryl methyl sites for hydroxylation is 1. The first kappa shape index (κ1) is 16.5. The zero-order chi connectivity index (χ0) is 18.1. The number of halogens is 1. The number of furan rings is 1. The molecule has 0 spiro atoms. The summed E-state index contributed by atoms with van der Waals surface area (Å²) < 4.78 is 20.6. The lowest BCUT2D eigenvalue weighted by atomic mass is 10.2. The van der Waals surface area contributed by atoms with E-state index in [-0.39, 0.29) is 18.3 Å². The summed E-state index contributed by atoms with van der Waals surface area (Å²) in [5, 5.41) is 2.79. The highest BCUT2D eigenvalue weighted by Gasteiger charge is 2.21. The molecule has 0 aliphatic carbocycles. The van der Waals surface area contributed by atoms with Crippen molar-refractivity contribution in [3.63, 3.8) is 0 Å². The van der Waals surface area contributed by atoms with E-state index in [1.54, 1.807) is 18.2 Å². The Morgan fingerprint density at radius 1 is 1.12 bits per heavy atom. The third kappa shape index (κ3) is 3.02. The molecule has 2 aromatic heterocycles. The van der Waals surface area contributed by atoms with E-state index in [0.29, 0.717) is 16.7 Å². The maximum Gasteiger partial charge on any atom is 0.256 e. The Bertz CT molecular complexity index is 1080. The predicted molar refractivity (Wildman–Crippen MR) is 102 cm³/mol. The number of hydrogen-bond acceptors (Lipinski definition) is 3. The first-order valence-electron chi connectivity index (χ1n) is 8.23. The van der Waals surface area contributed by atoms with Crippen molar-refractivity contribution in [2.24, 2.45) is 0 Å². The Morgan fingerprint density at radius 2 is 1.85 bits per heavy atom. The van der Waals surface area contributed by atoms with E-state index in [2.05, 4.69) is 5.32 Å². The van der Waals surface area contributed by atoms with Gasteiger partial charge in [0.15, 0.2) is 5.58 Å². The molecule has 2 aromatic carbocycles. The average Bonchev–Trinajstić information content (AvgIpc) is 3.18. The molecule has 26 heavy (non-hydrogen) atoms. The highest BCUT2D eigenvalue weighted by atomic mass is 32.1. The summed E-state index contributed by atoms with van der Waals surface area (Å²) in [7, 11) is 0. The monoisotopic (exact) mass is 365 g/mol. The van der Waals surface area contributed by atoms with Crippen molar-refractivity contribution in [1.29, 1.82) is 0 Å². The van der Waals surface area contributed by atoms with Crippen LogP contribution in [0.4, 0.5) is 4.39 Å². The van der Waals surface area contributed by atoms with Crippen molar-refractivity contribution >= 4 is 27.5 Å². The van der Waals surface area contributed by atoms with Crippen molar-refractivity contribution in [2.45, 2.75) is 13.5 Å². The van der Waals surface area contributed by atoms with Gasteiger partial charge in [-0.1, -0.05) is 48.5 Å². The van der Waals surface area contributed by atoms with Crippen LogP contribution in [0, 0.1) is 12.7 Å². The maximum absolute atomic E-state index is 13.7. The fraction of sp³-hybridized carbons (Fsp3) is 0.0952. The molecule has 0 saturated heterocycles. The molecule has 130 valence electrons. The minimum Gasteiger partial charge on any atom is -0.454 e. The van der Waals surface area contributed by atoms with Crippen LogP contribution in [0.2, 0.25) is 0 Å². The summed E-state index contributed by atoms with van der Waals surface area (Å²) >= 11 is 1.52. The van der Waals surface area contributed by atoms with E-state index in [4.69, 9.17) is 4.42 Å². The van der Waals surface area contributed by atoms with Crippen LogP contribution < -0.4 is 5.32 Å². The van der Waals surface area contributed by atoms with E-state index in [9.17, 15) is 9.18 Å². The molecule has 0 aliphatic rings. The topological polar surface area (TPSA) is 42.2 Å². The van der Waals surface area contributed by atoms with Crippen LogP contribution in [-0.4, -0.2) is 5.91 Å². The van der Waals surface area contributed by atoms with Gasteiger partial charge < -0.3 is 9.73 Å². The van der Waals surface area contributed by atoms with Crippen LogP contribution in [0.25, 0.3) is 21.6 Å². The molecule has 2 heterocycles. The number of benzene rings is 2. The lowest BCUT2D eigenvalue weighted by Crippen LogP contribution is -2.23. The molecule has 1 N–H and O–H groups in total. The first-order valence-corrected chi connectivity index (χ1v) is 9.05. The Balaban J connectivity index is 1.63. The fourth-order valence-corrected chi connectivity index (χ4v) is 3.93. The Labute approximate surface area is 154 Å². The number of carbonyl (C=O) groups is 1. The second-order valence-corrected chi connectivity index (χ2v) is 7.23. The summed E-state index contributed by atoms with van der Waals surface area (Å²) in [6.45, 7) is 2.02. The van der Waals surface area contributed by atoms with Gasteiger partial charge in [0.1, 0.15) is 11.6 Å². The number of hydrogen-bond donors (Lipinski definition) is 1. The molecule has 0 atom stereocenters. The lowest BCUT2D eigenvalue weighted by Gasteiger charge is -2.06. The Hall–Kier alpha value is -2.92. The molecular formula is C21H16FNO2S. The molecule has 0 radical (unpaired) electrons. The summed E-state index contributed by atoms with van der Waals surface area (Å²) in [5.74, 6) is 0.144. The molecule has 0 aliphatic heterocycles. The van der Waals surface area contributed by atoms with Gasteiger partial charge in [0, 0.05) is 28.6 Å². The van der Waals surface area contributed by atoms with Gasteiger partial charge >= 0.3 is 0 Å². The van der Waals surface area contributed by atoms with Crippen LogP contribution in [0.1, 0.15) is 20.8 Å². The van der Waals surface area contributed by atoms with Crippen molar-refractivity contribution in [3.8, 4) is 11.3 Å². The standard InChI is InChI=1S/C21H16FNO2S/c1-13-19(21(24)23-12-15-9-5-6-10-16(15)22)20-18(26-13)11-17(25-20)14-7-3-2-4-8-14/h2-11H,12H2,1H3,(H,23,24). The van der Waals surface area contributed by atoms with Crippen molar-refractivity contribution in [2.75, 3.05) is 0 Å². The summed E-state index contributed by atoms with van der Waals surface area (Å²) in [6.07, 6.45) is 0. The number of nitrogens with one attached hydrogen (secondary N) is 1. The van der Waals surface area contributed by atoms with Crippen LogP contribution in [0.3, 0.4) is 0 Å². The van der Waals surface area contributed by atoms with Crippen LogP contribution in [0.5, 0.6) is 0 Å². The SMILES string of the molecule is Cc1sc2cc(-c3ccccc3)oc2c1C(=O)NCc1ccccc1F. The average molecular weight is 365 g/mol. The third-order valence-corrected chi connectivity index (χ3v) is 5.26. The molecule has 4 aromatic rings. The molecule has 1 amide bonds. The van der Waals surface area contributed by atoms with Crippen molar-refractivity contribution in [1.82, 2.24) is 5.32 Å². The van der Waals surface area contributed by atoms with Crippen LogP contribution in [0.15, 0.2) is 65.1 Å². The van der Waals surface area contributed by atoms with Gasteiger partial charge in [0.05, 0.1) is 10.3 Å². The molecular weight excluding hydrogens is 349 g/mol. The number of fused-ring (bicyclic) bond motifs is 1. The molecule has 5 heteroatoms. The van der Waals surface area contributed by atoms with Gasteiger partial charge in [-0.2, -0.15) is 0 Å². The number of thiophene rings is 1. The van der Waals surface area contributed by atoms with Crippen LogP contribution >= 0.6 is 11.3 Å². The van der Waals surface area contributed by atoms with Gasteiger partial charge in [0.25, 0.3) is 5.91 Å². The van der Waals surface area contributed by atoms with Gasteiger partial charge in [-0.15, -0.1) is 11.3 Å². The lowest BCUT2D eigenvalue weighted by molar-refractivity contribution is 0.0951. The molecule has 4 rings (SSSR count). The smallest absolute Gasteiger partial charge is 0.256 e. The van der Waals surface area contributed by atoms with Gasteiger partial charge in [0.2, 0.25) is 0 Å². The highest BCUT2D eigenvalue weighted by Crippen LogP contribution is 2.36. The Kier molecular flexibility index (Phi) is 4.31. The van der Waals surface area contributed by atoms with E-state index in [0.717, 1.165) is 20.9 Å². The van der Waals surface area contributed by atoms with E-state index in [1.165, 1.54) is 17.4 Å². The molecule has 0 fully saturated rings. The normalized spacial score (nSPS) is 11.0. The zero-order valence-electron chi connectivity index (χ0n) is 14.1. The van der Waals surface area contributed by atoms with Crippen molar-refractivity contribution in [3.05, 3.63) is 82.5 Å². The first-order chi connectivity index (χ1) is 12.6. The number of amides is 1. The molecule has 0 saturated carbocycles. The van der Waals surface area contributed by atoms with E-state index >= 15 is 0 Å². The van der Waals surface area contributed by atoms with Crippen LogP contribution in [-0.2, 0) is 6.54 Å². The van der Waals surface area contributed by atoms with Gasteiger partial charge in [-0.05, 0) is 13.0 Å².